The van der Waals surface area contributed by atoms with E-state index in [1.165, 1.54) is 44.2 Å². The summed E-state index contributed by atoms with van der Waals surface area (Å²) in [5.74, 6) is -0.177. The van der Waals surface area contributed by atoms with Crippen molar-refractivity contribution in [1.82, 2.24) is 9.97 Å². The van der Waals surface area contributed by atoms with Gasteiger partial charge in [-0.05, 0) is 92.2 Å². The Morgan fingerprint density at radius 1 is 0.608 bits per heavy atom. The van der Waals surface area contributed by atoms with Crippen molar-refractivity contribution in [3.63, 3.8) is 0 Å². The number of benzene rings is 7. The lowest BCUT2D eigenvalue weighted by Gasteiger charge is -2.31. The molecule has 0 fully saturated rings. The van der Waals surface area contributed by atoms with E-state index in [1.807, 2.05) is 48.5 Å². The minimum Gasteiger partial charge on any atom is -0.228 e. The SMILES string of the molecule is [2H]C1=C([2H])C(c2cccc(-c3nc(-c4cccc5c4-c4ccccc4C54c5ccccc5-c5ccc6ccccc6c54)nc4ccccc34)c2)C([2H])C([2H])C1[2H]. The monoisotopic (exact) mass is 655 g/mol. The van der Waals surface area contributed by atoms with Crippen molar-refractivity contribution in [2.75, 3.05) is 0 Å². The first kappa shape index (κ1) is 24.1. The zero-order valence-corrected chi connectivity index (χ0v) is 27.6. The zero-order chi connectivity index (χ0) is 37.9. The van der Waals surface area contributed by atoms with Gasteiger partial charge in [0.2, 0.25) is 0 Å². The van der Waals surface area contributed by atoms with Crippen LogP contribution in [0.2, 0.25) is 0 Å². The molecule has 0 radical (unpaired) electrons. The van der Waals surface area contributed by atoms with Gasteiger partial charge in [-0.2, -0.15) is 0 Å². The van der Waals surface area contributed by atoms with Gasteiger partial charge in [-0.3, -0.25) is 0 Å². The van der Waals surface area contributed by atoms with Gasteiger partial charge in [0, 0.05) is 26.5 Å². The van der Waals surface area contributed by atoms with Crippen LogP contribution in [-0.2, 0) is 5.41 Å². The molecule has 3 aliphatic rings. The fourth-order valence-electron chi connectivity index (χ4n) is 9.05. The smallest absolute Gasteiger partial charge is 0.161 e. The Hall–Kier alpha value is -6.12. The predicted molar refractivity (Wildman–Crippen MR) is 210 cm³/mol. The average Bonchev–Trinajstić information content (AvgIpc) is 3.72. The van der Waals surface area contributed by atoms with Crippen molar-refractivity contribution in [3.8, 4) is 44.9 Å². The largest absolute Gasteiger partial charge is 0.228 e. The normalized spacial score (nSPS) is 24.3. The first-order valence-corrected chi connectivity index (χ1v) is 17.5. The molecule has 1 heterocycles. The molecule has 8 aromatic rings. The van der Waals surface area contributed by atoms with Crippen LogP contribution in [0.25, 0.3) is 66.6 Å². The molecule has 7 aromatic carbocycles. The minimum absolute atomic E-state index is 0.0610. The third-order valence-electron chi connectivity index (χ3n) is 11.1. The van der Waals surface area contributed by atoms with E-state index >= 15 is 0 Å². The Balaban J connectivity index is 1.16. The molecule has 0 saturated carbocycles. The topological polar surface area (TPSA) is 25.8 Å². The van der Waals surface area contributed by atoms with Crippen molar-refractivity contribution < 1.29 is 6.85 Å². The molecule has 3 aliphatic carbocycles. The van der Waals surface area contributed by atoms with Crippen molar-refractivity contribution in [1.29, 1.82) is 0 Å². The number of allylic oxidation sites excluding steroid dienone is 2. The lowest BCUT2D eigenvalue weighted by molar-refractivity contribution is 0.654. The maximum atomic E-state index is 8.84. The third kappa shape index (κ3) is 3.99. The number of hydrogen-bond acceptors (Lipinski definition) is 2. The number of hydrogen-bond donors (Lipinski definition) is 0. The standard InChI is InChI=1S/C49H34N2/c1-2-14-31(15-3-1)33-17-12-18-34(30-33)47-39-22-8-11-27-44(39)50-48(51-47)40-23-13-26-43-45(40)38-21-7-10-25-42(38)49(43)41-24-9-6-20-36(41)37-29-28-32-16-4-5-19-35(32)46(37)49/h2,4-14,16-31H,1,3,15H2/i1D,2D,3D,14D,15D. The minimum atomic E-state index is -1.19. The van der Waals surface area contributed by atoms with Crippen LogP contribution in [0.15, 0.2) is 164 Å². The third-order valence-corrected chi connectivity index (χ3v) is 11.1. The summed E-state index contributed by atoms with van der Waals surface area (Å²) in [5.41, 5.74) is 13.2. The molecule has 0 N–H and O–H groups in total. The van der Waals surface area contributed by atoms with Crippen molar-refractivity contribution in [2.24, 2.45) is 0 Å². The van der Waals surface area contributed by atoms with Gasteiger partial charge >= 0.3 is 0 Å². The van der Waals surface area contributed by atoms with Crippen LogP contribution >= 0.6 is 0 Å². The van der Waals surface area contributed by atoms with Gasteiger partial charge in [-0.1, -0.05) is 152 Å². The van der Waals surface area contributed by atoms with Crippen LogP contribution in [0.5, 0.6) is 0 Å². The van der Waals surface area contributed by atoms with E-state index in [-0.39, 0.29) is 12.1 Å². The van der Waals surface area contributed by atoms with Crippen LogP contribution in [-0.4, -0.2) is 9.97 Å². The van der Waals surface area contributed by atoms with E-state index in [1.54, 1.807) is 0 Å². The summed E-state index contributed by atoms with van der Waals surface area (Å²) < 4.78 is 42.7. The molecule has 1 aromatic heterocycles. The number of rotatable bonds is 3. The van der Waals surface area contributed by atoms with E-state index in [2.05, 4.69) is 103 Å². The summed E-state index contributed by atoms with van der Waals surface area (Å²) in [6.45, 7) is 0. The summed E-state index contributed by atoms with van der Waals surface area (Å²) in [6, 6.07) is 52.9. The molecule has 240 valence electrons. The highest BCUT2D eigenvalue weighted by atomic mass is 14.9. The maximum absolute atomic E-state index is 8.84. The highest BCUT2D eigenvalue weighted by Crippen LogP contribution is 2.65. The molecule has 5 atom stereocenters. The second-order valence-electron chi connectivity index (χ2n) is 13.6. The molecule has 0 bridgehead atoms. The van der Waals surface area contributed by atoms with Crippen LogP contribution in [0.1, 0.15) is 59.8 Å². The molecule has 1 spiro atoms. The maximum Gasteiger partial charge on any atom is 0.161 e. The van der Waals surface area contributed by atoms with Crippen LogP contribution < -0.4 is 0 Å². The lowest BCUT2D eigenvalue weighted by Crippen LogP contribution is -2.26. The van der Waals surface area contributed by atoms with Gasteiger partial charge in [-0.25, -0.2) is 9.97 Å². The zero-order valence-electron chi connectivity index (χ0n) is 32.6. The quantitative estimate of drug-likeness (QED) is 0.177. The van der Waals surface area contributed by atoms with Gasteiger partial charge in [0.05, 0.1) is 19.4 Å². The summed E-state index contributed by atoms with van der Waals surface area (Å²) >= 11 is 0. The van der Waals surface area contributed by atoms with Gasteiger partial charge in [0.25, 0.3) is 0 Å². The van der Waals surface area contributed by atoms with Gasteiger partial charge < -0.3 is 0 Å². The van der Waals surface area contributed by atoms with Crippen LogP contribution in [0, 0.1) is 0 Å². The fourth-order valence-corrected chi connectivity index (χ4v) is 9.05. The molecule has 2 heteroatoms. The fraction of sp³-hybridized carbons (Fsp3) is 0.102. The summed E-state index contributed by atoms with van der Waals surface area (Å²) in [6.07, 6.45) is -3.34. The molecule has 0 amide bonds. The first-order valence-electron chi connectivity index (χ1n) is 20.3. The summed E-state index contributed by atoms with van der Waals surface area (Å²) in [7, 11) is 0. The summed E-state index contributed by atoms with van der Waals surface area (Å²) in [5, 5.41) is 3.32. The molecular weight excluding hydrogens is 617 g/mol. The van der Waals surface area contributed by atoms with Crippen molar-refractivity contribution in [2.45, 2.75) is 30.5 Å². The Bertz CT molecular complexity index is 2990. The van der Waals surface area contributed by atoms with E-state index in [9.17, 15) is 0 Å². The average molecular weight is 656 g/mol. The Labute approximate surface area is 304 Å². The predicted octanol–water partition coefficient (Wildman–Crippen LogP) is 12.3. The van der Waals surface area contributed by atoms with Gasteiger partial charge in [0.1, 0.15) is 0 Å². The number of para-hydroxylation sites is 1. The Morgan fingerprint density at radius 3 is 2.25 bits per heavy atom. The van der Waals surface area contributed by atoms with E-state index in [4.69, 9.17) is 16.8 Å². The Morgan fingerprint density at radius 2 is 1.33 bits per heavy atom. The molecule has 0 aliphatic heterocycles. The van der Waals surface area contributed by atoms with Crippen LogP contribution in [0.4, 0.5) is 0 Å². The van der Waals surface area contributed by atoms with Gasteiger partial charge in [0.15, 0.2) is 5.82 Å². The van der Waals surface area contributed by atoms with E-state index < -0.39 is 30.5 Å². The lowest BCUT2D eigenvalue weighted by atomic mass is 9.69. The van der Waals surface area contributed by atoms with Crippen molar-refractivity contribution in [3.05, 3.63) is 192 Å². The van der Waals surface area contributed by atoms with Crippen LogP contribution in [0.3, 0.4) is 0 Å². The van der Waals surface area contributed by atoms with E-state index in [0.717, 1.165) is 38.9 Å². The molecular formula is C49H34N2. The second kappa shape index (κ2) is 10.9. The second-order valence-corrected chi connectivity index (χ2v) is 13.6. The number of aromatic nitrogens is 2. The van der Waals surface area contributed by atoms with Crippen molar-refractivity contribution >= 4 is 21.7 Å². The van der Waals surface area contributed by atoms with Gasteiger partial charge in [-0.15, -0.1) is 0 Å². The highest BCUT2D eigenvalue weighted by molar-refractivity contribution is 6.06. The highest BCUT2D eigenvalue weighted by Gasteiger charge is 2.53. The molecule has 51 heavy (non-hydrogen) atoms. The number of fused-ring (bicyclic) bond motifs is 13. The molecule has 2 nitrogen and oxygen atoms in total. The summed E-state index contributed by atoms with van der Waals surface area (Å²) in [4.78, 5) is 10.6. The molecule has 0 saturated heterocycles. The Kier molecular flexibility index (Phi) is 5.17. The molecule has 11 rings (SSSR count). The number of nitrogens with zero attached hydrogens (tertiary/aromatic N) is 2. The molecule has 5 unspecified atom stereocenters. The first-order chi connectivity index (χ1) is 27.4. The van der Waals surface area contributed by atoms with E-state index in [0.29, 0.717) is 11.4 Å².